The summed E-state index contributed by atoms with van der Waals surface area (Å²) in [5.74, 6) is 1.27. The Hall–Kier alpha value is -3.80. The van der Waals surface area contributed by atoms with Crippen molar-refractivity contribution in [1.82, 2.24) is 19.6 Å². The smallest absolute Gasteiger partial charge is 0.166 e. The number of rotatable bonds is 8. The number of methoxy groups -OCH3 is 2. The van der Waals surface area contributed by atoms with Gasteiger partial charge < -0.3 is 18.8 Å². The van der Waals surface area contributed by atoms with Crippen LogP contribution < -0.4 is 9.47 Å². The van der Waals surface area contributed by atoms with Gasteiger partial charge in [0.1, 0.15) is 6.10 Å². The van der Waals surface area contributed by atoms with Crippen molar-refractivity contribution in [2.24, 2.45) is 0 Å². The molecule has 0 saturated heterocycles. The number of fused-ring (bicyclic) bond motifs is 3. The fraction of sp³-hybridized carbons (Fsp3) is 0.296. The van der Waals surface area contributed by atoms with E-state index < -0.39 is 6.10 Å². The Kier molecular flexibility index (Phi) is 6.94. The second-order valence-corrected chi connectivity index (χ2v) is 8.96. The van der Waals surface area contributed by atoms with E-state index in [9.17, 15) is 0 Å². The van der Waals surface area contributed by atoms with Crippen LogP contribution in [0.2, 0.25) is 5.02 Å². The van der Waals surface area contributed by atoms with Crippen molar-refractivity contribution < 1.29 is 14.2 Å². The molecule has 0 aliphatic carbocycles. The summed E-state index contributed by atoms with van der Waals surface area (Å²) in [5, 5.41) is 17.8. The van der Waals surface area contributed by atoms with Crippen LogP contribution in [0.15, 0.2) is 60.9 Å². The number of benzene rings is 2. The molecule has 1 aliphatic rings. The molecule has 184 valence electrons. The van der Waals surface area contributed by atoms with E-state index in [1.54, 1.807) is 25.1 Å². The first-order valence-corrected chi connectivity index (χ1v) is 12.1. The van der Waals surface area contributed by atoms with E-state index in [0.29, 0.717) is 23.1 Å². The van der Waals surface area contributed by atoms with E-state index in [4.69, 9.17) is 31.1 Å². The van der Waals surface area contributed by atoms with Gasteiger partial charge in [-0.25, -0.2) is 4.68 Å². The summed E-state index contributed by atoms with van der Waals surface area (Å²) in [4.78, 5) is 0. The Morgan fingerprint density at radius 2 is 2.00 bits per heavy atom. The van der Waals surface area contributed by atoms with Crippen LogP contribution in [0, 0.1) is 11.3 Å². The standard InChI is InChI=1S/C27H26ClN5O3/c1-34-25-8-3-6-20(27(25)35-2)26-21-16-18(28)10-11-22(21)32-14-4-7-23(32)24(36-26)9-5-15-33-19(12-13-29)17-30-31-33/h3-4,6-8,10-11,14,16-17,24,26H,5,9,12,15H2,1-2H3/t24-,26-/m1/s1. The molecule has 4 aromatic rings. The van der Waals surface area contributed by atoms with Gasteiger partial charge in [0.25, 0.3) is 0 Å². The number of aromatic nitrogens is 4. The first-order valence-electron chi connectivity index (χ1n) is 11.7. The molecular formula is C27H26ClN5O3. The Bertz CT molecular complexity index is 1410. The zero-order valence-corrected chi connectivity index (χ0v) is 20.9. The summed E-state index contributed by atoms with van der Waals surface area (Å²) in [6.45, 7) is 0.642. The Balaban J connectivity index is 1.53. The number of aryl methyl sites for hydroxylation is 1. The van der Waals surface area contributed by atoms with E-state index >= 15 is 0 Å². The van der Waals surface area contributed by atoms with Gasteiger partial charge in [-0.05, 0) is 49.2 Å². The molecule has 2 aromatic carbocycles. The molecule has 0 N–H and O–H groups in total. The molecule has 36 heavy (non-hydrogen) atoms. The molecule has 0 spiro atoms. The van der Waals surface area contributed by atoms with E-state index in [0.717, 1.165) is 41.0 Å². The molecule has 0 amide bonds. The summed E-state index contributed by atoms with van der Waals surface area (Å²) >= 11 is 6.47. The van der Waals surface area contributed by atoms with Crippen LogP contribution in [-0.4, -0.2) is 33.8 Å². The van der Waals surface area contributed by atoms with E-state index in [1.165, 1.54) is 0 Å². The maximum absolute atomic E-state index is 9.06. The van der Waals surface area contributed by atoms with Gasteiger partial charge in [0.15, 0.2) is 11.5 Å². The maximum atomic E-state index is 9.06. The van der Waals surface area contributed by atoms with Crippen molar-refractivity contribution in [3.8, 4) is 23.3 Å². The van der Waals surface area contributed by atoms with E-state index in [-0.39, 0.29) is 12.5 Å². The number of nitrogens with zero attached hydrogens (tertiary/aromatic N) is 5. The lowest BCUT2D eigenvalue weighted by Crippen LogP contribution is -2.13. The molecular weight excluding hydrogens is 478 g/mol. The van der Waals surface area contributed by atoms with Crippen molar-refractivity contribution in [1.29, 1.82) is 5.26 Å². The number of halogens is 1. The fourth-order valence-electron chi connectivity index (χ4n) is 4.82. The average Bonchev–Trinajstić information content (AvgIpc) is 3.53. The normalized spacial score (nSPS) is 16.5. The van der Waals surface area contributed by atoms with Crippen LogP contribution in [0.3, 0.4) is 0 Å². The lowest BCUT2D eigenvalue weighted by molar-refractivity contribution is -0.000667. The van der Waals surface area contributed by atoms with Gasteiger partial charge in [-0.3, -0.25) is 0 Å². The molecule has 0 saturated carbocycles. The molecule has 2 atom stereocenters. The second kappa shape index (κ2) is 10.4. The van der Waals surface area contributed by atoms with Crippen LogP contribution in [0.5, 0.6) is 11.5 Å². The lowest BCUT2D eigenvalue weighted by atomic mass is 9.98. The Labute approximate surface area is 214 Å². The molecule has 5 rings (SSSR count). The van der Waals surface area contributed by atoms with E-state index in [2.05, 4.69) is 27.0 Å². The molecule has 0 fully saturated rings. The highest BCUT2D eigenvalue weighted by molar-refractivity contribution is 6.30. The minimum atomic E-state index is -0.436. The lowest BCUT2D eigenvalue weighted by Gasteiger charge is -2.25. The molecule has 2 aromatic heterocycles. The van der Waals surface area contributed by atoms with Crippen LogP contribution >= 0.6 is 11.6 Å². The molecule has 3 heterocycles. The number of hydrogen-bond donors (Lipinski definition) is 0. The zero-order valence-electron chi connectivity index (χ0n) is 20.1. The zero-order chi connectivity index (χ0) is 25.1. The number of ether oxygens (including phenoxy) is 3. The first-order chi connectivity index (χ1) is 17.6. The van der Waals surface area contributed by atoms with Gasteiger partial charge >= 0.3 is 0 Å². The third-order valence-corrected chi connectivity index (χ3v) is 6.69. The molecule has 0 radical (unpaired) electrons. The van der Waals surface area contributed by atoms with Crippen molar-refractivity contribution in [2.45, 2.75) is 38.0 Å². The summed E-state index contributed by atoms with van der Waals surface area (Å²) in [6, 6.07) is 18.0. The average molecular weight is 504 g/mol. The van der Waals surface area contributed by atoms with Gasteiger partial charge in [0.05, 0.1) is 56.1 Å². The topological polar surface area (TPSA) is 87.1 Å². The van der Waals surface area contributed by atoms with Gasteiger partial charge in [-0.2, -0.15) is 5.26 Å². The van der Waals surface area contributed by atoms with Gasteiger partial charge in [0.2, 0.25) is 0 Å². The fourth-order valence-corrected chi connectivity index (χ4v) is 5.01. The highest BCUT2D eigenvalue weighted by atomic mass is 35.5. The SMILES string of the molecule is COc1cccc([C@H]2O[C@H](CCCn3nncc3CC#N)c3cccn3-c3ccc(Cl)cc32)c1OC. The van der Waals surface area contributed by atoms with Crippen LogP contribution in [-0.2, 0) is 17.7 Å². The number of hydrogen-bond acceptors (Lipinski definition) is 6. The van der Waals surface area contributed by atoms with Gasteiger partial charge in [0, 0.05) is 28.9 Å². The predicted molar refractivity (Wildman–Crippen MR) is 135 cm³/mol. The molecule has 0 unspecified atom stereocenters. The minimum Gasteiger partial charge on any atom is -0.493 e. The van der Waals surface area contributed by atoms with Crippen molar-refractivity contribution >= 4 is 11.6 Å². The Morgan fingerprint density at radius 1 is 1.11 bits per heavy atom. The second-order valence-electron chi connectivity index (χ2n) is 8.52. The summed E-state index contributed by atoms with van der Waals surface area (Å²) in [7, 11) is 3.26. The van der Waals surface area contributed by atoms with E-state index in [1.807, 2.05) is 48.7 Å². The van der Waals surface area contributed by atoms with Gasteiger partial charge in [-0.15, -0.1) is 5.10 Å². The summed E-state index contributed by atoms with van der Waals surface area (Å²) in [5.41, 5.74) is 4.68. The highest BCUT2D eigenvalue weighted by Crippen LogP contribution is 2.46. The number of para-hydroxylation sites is 1. The predicted octanol–water partition coefficient (Wildman–Crippen LogP) is 5.45. The van der Waals surface area contributed by atoms with Crippen LogP contribution in [0.25, 0.3) is 5.69 Å². The van der Waals surface area contributed by atoms with Crippen molar-refractivity contribution in [3.63, 3.8) is 0 Å². The molecule has 1 aliphatic heterocycles. The molecule has 9 heteroatoms. The maximum Gasteiger partial charge on any atom is 0.166 e. The van der Waals surface area contributed by atoms with Crippen molar-refractivity contribution in [2.75, 3.05) is 14.2 Å². The van der Waals surface area contributed by atoms with Crippen LogP contribution in [0.4, 0.5) is 0 Å². The molecule has 0 bridgehead atoms. The third kappa shape index (κ3) is 4.43. The summed E-state index contributed by atoms with van der Waals surface area (Å²) < 4.78 is 22.2. The van der Waals surface area contributed by atoms with Crippen LogP contribution in [0.1, 0.15) is 47.6 Å². The third-order valence-electron chi connectivity index (χ3n) is 6.45. The number of nitriles is 1. The first kappa shape index (κ1) is 23.9. The largest absolute Gasteiger partial charge is 0.493 e. The molecule has 8 nitrogen and oxygen atoms in total. The monoisotopic (exact) mass is 503 g/mol. The van der Waals surface area contributed by atoms with Gasteiger partial charge in [-0.1, -0.05) is 28.9 Å². The van der Waals surface area contributed by atoms with Crippen molar-refractivity contribution in [3.05, 3.63) is 88.5 Å². The Morgan fingerprint density at radius 3 is 2.81 bits per heavy atom. The quantitative estimate of drug-likeness (QED) is 0.318. The minimum absolute atomic E-state index is 0.213. The summed E-state index contributed by atoms with van der Waals surface area (Å²) in [6.07, 6.45) is 4.85. The highest BCUT2D eigenvalue weighted by Gasteiger charge is 2.32.